The number of aryl methyl sites for hydroxylation is 1. The van der Waals surface area contributed by atoms with Gasteiger partial charge >= 0.3 is 6.18 Å². The van der Waals surface area contributed by atoms with E-state index in [1.54, 1.807) is 78.1 Å². The molecule has 2 fully saturated rings. The molecule has 0 saturated carbocycles. The maximum atomic E-state index is 13.9. The number of nitrogens with zero attached hydrogens (tertiary/aromatic N) is 5. The number of hydrogen-bond acceptors (Lipinski definition) is 12. The van der Waals surface area contributed by atoms with E-state index in [0.29, 0.717) is 44.1 Å². The highest BCUT2D eigenvalue weighted by molar-refractivity contribution is 7.81. The summed E-state index contributed by atoms with van der Waals surface area (Å²) in [5, 5.41) is 25.4. The number of carbonyl (C=O) groups is 4. The Bertz CT molecular complexity index is 2630. The van der Waals surface area contributed by atoms with Crippen LogP contribution >= 0.6 is 23.6 Å². The summed E-state index contributed by atoms with van der Waals surface area (Å²) in [5.41, 5.74) is 1.45. The highest BCUT2D eigenvalue weighted by atomic mass is 32.1. The van der Waals surface area contributed by atoms with Gasteiger partial charge in [0.2, 0.25) is 17.7 Å². The van der Waals surface area contributed by atoms with Crippen LogP contribution in [-0.4, -0.2) is 107 Å². The van der Waals surface area contributed by atoms with E-state index in [4.69, 9.17) is 26.4 Å². The Morgan fingerprint density at radius 1 is 1.00 bits per heavy atom. The van der Waals surface area contributed by atoms with Crippen LogP contribution < -0.4 is 25.2 Å². The molecule has 3 atom stereocenters. The molecule has 0 spiro atoms. The molecule has 4 aromatic rings. The molecule has 378 valence electrons. The number of hydrogen-bond donors (Lipinski definition) is 3. The third-order valence-corrected chi connectivity index (χ3v) is 13.3. The van der Waals surface area contributed by atoms with Crippen molar-refractivity contribution >= 4 is 63.7 Å². The van der Waals surface area contributed by atoms with Gasteiger partial charge in [0.1, 0.15) is 30.0 Å². The summed E-state index contributed by atoms with van der Waals surface area (Å²) in [4.78, 5) is 63.2. The van der Waals surface area contributed by atoms with Crippen molar-refractivity contribution in [3.63, 3.8) is 0 Å². The molecule has 0 radical (unpaired) electrons. The second-order valence-corrected chi connectivity index (χ2v) is 19.9. The molecule has 71 heavy (non-hydrogen) atoms. The van der Waals surface area contributed by atoms with Crippen LogP contribution in [0.25, 0.3) is 10.4 Å². The summed E-state index contributed by atoms with van der Waals surface area (Å²) in [6.45, 7) is 11.8. The number of thiazole rings is 1. The predicted molar refractivity (Wildman–Crippen MR) is 266 cm³/mol. The average molecular weight is 1020 g/mol. The molecule has 0 aliphatic carbocycles. The normalized spacial score (nSPS) is 17.5. The zero-order chi connectivity index (χ0) is 51.7. The van der Waals surface area contributed by atoms with Gasteiger partial charge in [0.15, 0.2) is 5.11 Å². The van der Waals surface area contributed by atoms with Crippen LogP contribution in [0.1, 0.15) is 76.3 Å². The minimum atomic E-state index is -4.80. The first-order valence-corrected chi connectivity index (χ1v) is 24.3. The Morgan fingerprint density at radius 3 is 2.30 bits per heavy atom. The number of aliphatic hydroxyl groups excluding tert-OH is 1. The lowest BCUT2D eigenvalue weighted by atomic mass is 9.85. The van der Waals surface area contributed by atoms with E-state index in [1.165, 1.54) is 11.0 Å². The van der Waals surface area contributed by atoms with Crippen LogP contribution in [0.5, 0.6) is 5.75 Å². The number of rotatable bonds is 20. The molecule has 3 heterocycles. The van der Waals surface area contributed by atoms with Gasteiger partial charge in [-0.3, -0.25) is 24.1 Å². The number of amides is 4. The van der Waals surface area contributed by atoms with Gasteiger partial charge in [-0.1, -0.05) is 57.2 Å². The number of nitrogens with one attached hydrogen (secondary N) is 2. The van der Waals surface area contributed by atoms with E-state index in [-0.39, 0.29) is 43.5 Å². The van der Waals surface area contributed by atoms with Gasteiger partial charge in [0.25, 0.3) is 5.91 Å². The molecule has 0 bridgehead atoms. The molecule has 4 amide bonds. The number of nitriles is 1. The van der Waals surface area contributed by atoms with Gasteiger partial charge in [-0.2, -0.15) is 18.4 Å². The van der Waals surface area contributed by atoms with Crippen LogP contribution in [0, 0.1) is 23.7 Å². The fraction of sp³-hybridized carbons (Fsp3) is 0.431. The lowest BCUT2D eigenvalue weighted by molar-refractivity contribution is -0.144. The molecule has 1 unspecified atom stereocenters. The van der Waals surface area contributed by atoms with E-state index >= 15 is 0 Å². The molecule has 1 aromatic heterocycles. The fourth-order valence-electron chi connectivity index (χ4n) is 8.14. The standard InChI is InChI=1S/C51H58F3N7O8S2/c1-32-43(71-31-57-32)34-13-11-33(12-14-34)28-56-45(64)41-26-38(62)29-59(41)46(65)44(49(2,3)4)58-42(63)30-68-23-8-7-21-67-22-9-10-24-69-39-19-17-36(18-20-39)61-48(70)60(47(66)50(61,5)6)37-16-15-35(27-55)40(25-37)51(52,53)54/h7-8,11-20,25,31,38,41,44,62H,9-10,21-24,26,28-30H2,1-6H3,(H,56,64)(H,58,63)/b8-7-/t38-,41+,44?/m1/s1. The lowest BCUT2D eigenvalue weighted by Crippen LogP contribution is -2.58. The summed E-state index contributed by atoms with van der Waals surface area (Å²) < 4.78 is 58.2. The van der Waals surface area contributed by atoms with Crippen molar-refractivity contribution in [2.45, 2.75) is 97.3 Å². The Hall–Kier alpha value is -6.24. The SMILES string of the molecule is Cc1ncsc1-c1ccc(CNC(=O)[C@@H]2C[C@@H](O)CN2C(=O)C(NC(=O)COC/C=C\COCCCCOc2ccc(N3C(=S)N(c4ccc(C#N)c(C(F)(F)F)c4)C(=O)C3(C)C)cc2)C(C)(C)C)cc1. The number of alkyl halides is 3. The Labute approximate surface area is 420 Å². The number of unbranched alkanes of at least 4 members (excludes halogenated alkanes) is 1. The molecule has 3 aromatic carbocycles. The number of carbonyl (C=O) groups excluding carboxylic acids is 4. The fourth-order valence-corrected chi connectivity index (χ4v) is 9.47. The molecule has 2 aliphatic heterocycles. The summed E-state index contributed by atoms with van der Waals surface area (Å²) >= 11 is 7.18. The number of halogens is 3. The van der Waals surface area contributed by atoms with Crippen molar-refractivity contribution in [2.24, 2.45) is 5.41 Å². The van der Waals surface area contributed by atoms with Gasteiger partial charge in [-0.15, -0.1) is 11.3 Å². The van der Waals surface area contributed by atoms with E-state index in [2.05, 4.69) is 15.6 Å². The Balaban J connectivity index is 0.867. The zero-order valence-electron chi connectivity index (χ0n) is 40.4. The molecular weight excluding hydrogens is 960 g/mol. The van der Waals surface area contributed by atoms with Gasteiger partial charge in [-0.05, 0) is 105 Å². The quantitative estimate of drug-likeness (QED) is 0.0451. The van der Waals surface area contributed by atoms with Crippen molar-refractivity contribution in [3.05, 3.63) is 107 Å². The number of thiocarbonyl (C=S) groups is 1. The van der Waals surface area contributed by atoms with E-state index in [1.807, 2.05) is 52.0 Å². The monoisotopic (exact) mass is 1020 g/mol. The number of β-amino-alcohol motifs (C(OH)–C–C–N with tert-alkyl or cyclic N) is 1. The van der Waals surface area contributed by atoms with Crippen LogP contribution in [0.4, 0.5) is 24.5 Å². The number of ether oxygens (including phenoxy) is 3. The highest BCUT2D eigenvalue weighted by Crippen LogP contribution is 2.40. The zero-order valence-corrected chi connectivity index (χ0v) is 42.0. The predicted octanol–water partition coefficient (Wildman–Crippen LogP) is 7.48. The molecule has 20 heteroatoms. The number of aromatic nitrogens is 1. The van der Waals surface area contributed by atoms with Crippen molar-refractivity contribution < 1.29 is 51.7 Å². The van der Waals surface area contributed by atoms with Gasteiger partial charge in [0.05, 0.1) is 64.9 Å². The molecule has 6 rings (SSSR count). The first-order chi connectivity index (χ1) is 33.6. The second kappa shape index (κ2) is 23.3. The van der Waals surface area contributed by atoms with Crippen molar-refractivity contribution in [3.8, 4) is 22.3 Å². The van der Waals surface area contributed by atoms with E-state index in [0.717, 1.165) is 38.7 Å². The van der Waals surface area contributed by atoms with Crippen molar-refractivity contribution in [1.29, 1.82) is 5.26 Å². The van der Waals surface area contributed by atoms with Crippen LogP contribution in [0.2, 0.25) is 0 Å². The molecule has 15 nitrogen and oxygen atoms in total. The Morgan fingerprint density at radius 2 is 1.66 bits per heavy atom. The Kier molecular flexibility index (Phi) is 17.8. The summed E-state index contributed by atoms with van der Waals surface area (Å²) in [7, 11) is 0. The van der Waals surface area contributed by atoms with Gasteiger partial charge in [0, 0.05) is 31.8 Å². The van der Waals surface area contributed by atoms with E-state index < -0.39 is 70.1 Å². The van der Waals surface area contributed by atoms with E-state index in [9.17, 15) is 42.7 Å². The third-order valence-electron chi connectivity index (χ3n) is 11.9. The van der Waals surface area contributed by atoms with Crippen LogP contribution in [0.15, 0.2) is 84.4 Å². The van der Waals surface area contributed by atoms with Crippen LogP contribution in [-0.2, 0) is 41.4 Å². The van der Waals surface area contributed by atoms with Crippen LogP contribution in [0.3, 0.4) is 0 Å². The topological polar surface area (TPSA) is 187 Å². The largest absolute Gasteiger partial charge is 0.494 e. The van der Waals surface area contributed by atoms with Crippen molar-refractivity contribution in [1.82, 2.24) is 20.5 Å². The summed E-state index contributed by atoms with van der Waals surface area (Å²) in [6.07, 6.45) is -0.729. The lowest BCUT2D eigenvalue weighted by Gasteiger charge is -2.35. The number of benzene rings is 3. The first-order valence-electron chi connectivity index (χ1n) is 23.0. The first kappa shape index (κ1) is 54.1. The third kappa shape index (κ3) is 13.4. The van der Waals surface area contributed by atoms with Crippen molar-refractivity contribution in [2.75, 3.05) is 49.4 Å². The summed E-state index contributed by atoms with van der Waals surface area (Å²) in [6, 6.07) is 17.4. The highest BCUT2D eigenvalue weighted by Gasteiger charge is 2.51. The molecular formula is C51H58F3N7O8S2. The minimum absolute atomic E-state index is 0.00620. The maximum Gasteiger partial charge on any atom is 0.417 e. The smallest absolute Gasteiger partial charge is 0.417 e. The number of likely N-dealkylation sites (tertiary alicyclic amines) is 1. The maximum absolute atomic E-state index is 13.9. The summed E-state index contributed by atoms with van der Waals surface area (Å²) in [5.74, 6) is -1.32. The molecule has 3 N–H and O–H groups in total. The average Bonchev–Trinajstić information content (AvgIpc) is 3.99. The minimum Gasteiger partial charge on any atom is -0.494 e. The number of aliphatic hydroxyl groups is 1. The number of anilines is 2. The molecule has 2 aliphatic rings. The molecule has 2 saturated heterocycles. The van der Waals surface area contributed by atoms with Gasteiger partial charge in [-0.25, -0.2) is 4.98 Å². The van der Waals surface area contributed by atoms with Gasteiger partial charge < -0.3 is 39.8 Å². The second-order valence-electron chi connectivity index (χ2n) is 18.7.